The number of aliphatic carboxylic acids is 1. The van der Waals surface area contributed by atoms with Crippen molar-refractivity contribution in [3.05, 3.63) is 0 Å². The van der Waals surface area contributed by atoms with Crippen LogP contribution in [0.25, 0.3) is 0 Å². The fraction of sp³-hybridized carbons (Fsp3) is 0.786. The quantitative estimate of drug-likeness (QED) is 0.694. The van der Waals surface area contributed by atoms with Gasteiger partial charge in [-0.05, 0) is 33.1 Å². The molecule has 0 saturated heterocycles. The molecule has 0 heterocycles. The van der Waals surface area contributed by atoms with Crippen LogP contribution in [0.1, 0.15) is 39.5 Å². The average molecular weight is 284 g/mol. The van der Waals surface area contributed by atoms with E-state index in [0.29, 0.717) is 12.8 Å². The fourth-order valence-electron chi connectivity index (χ4n) is 2.52. The molecule has 0 aromatic heterocycles. The number of carbonyl (C=O) groups excluding carboxylic acids is 2. The molecule has 1 fully saturated rings. The molecular weight excluding hydrogens is 260 g/mol. The summed E-state index contributed by atoms with van der Waals surface area (Å²) in [6.07, 6.45) is 2.51. The van der Waals surface area contributed by atoms with Crippen LogP contribution < -0.4 is 10.6 Å². The Morgan fingerprint density at radius 1 is 1.20 bits per heavy atom. The minimum atomic E-state index is -0.826. The zero-order chi connectivity index (χ0) is 15.3. The van der Waals surface area contributed by atoms with Gasteiger partial charge in [-0.3, -0.25) is 14.4 Å². The lowest BCUT2D eigenvalue weighted by atomic mass is 9.81. The molecule has 1 rings (SSSR count). The van der Waals surface area contributed by atoms with Gasteiger partial charge in [-0.15, -0.1) is 0 Å². The second-order valence-corrected chi connectivity index (χ2v) is 6.08. The SMILES string of the molecule is CNC(=O)C(C)(C)CNC(=O)C1CCCC(C(=O)O)C1. The molecular formula is C14H24N2O4. The fourth-order valence-corrected chi connectivity index (χ4v) is 2.52. The van der Waals surface area contributed by atoms with Crippen molar-refractivity contribution in [2.45, 2.75) is 39.5 Å². The first-order chi connectivity index (χ1) is 9.27. The summed E-state index contributed by atoms with van der Waals surface area (Å²) in [4.78, 5) is 34.7. The maximum Gasteiger partial charge on any atom is 0.306 e. The van der Waals surface area contributed by atoms with Crippen molar-refractivity contribution in [2.75, 3.05) is 13.6 Å². The van der Waals surface area contributed by atoms with Gasteiger partial charge in [-0.25, -0.2) is 0 Å². The van der Waals surface area contributed by atoms with E-state index in [9.17, 15) is 14.4 Å². The molecule has 1 saturated carbocycles. The van der Waals surface area contributed by atoms with Crippen molar-refractivity contribution in [1.82, 2.24) is 10.6 Å². The van der Waals surface area contributed by atoms with Crippen LogP contribution in [0, 0.1) is 17.3 Å². The molecule has 0 aromatic carbocycles. The third-order valence-electron chi connectivity index (χ3n) is 3.94. The Kier molecular flexibility index (Phi) is 5.53. The van der Waals surface area contributed by atoms with Crippen LogP contribution in [0.3, 0.4) is 0 Å². The van der Waals surface area contributed by atoms with Crippen molar-refractivity contribution in [1.29, 1.82) is 0 Å². The summed E-state index contributed by atoms with van der Waals surface area (Å²) in [7, 11) is 1.56. The Labute approximate surface area is 119 Å². The smallest absolute Gasteiger partial charge is 0.306 e. The summed E-state index contributed by atoms with van der Waals surface area (Å²) in [6, 6.07) is 0. The largest absolute Gasteiger partial charge is 0.481 e. The number of carboxylic acids is 1. The van der Waals surface area contributed by atoms with E-state index in [4.69, 9.17) is 5.11 Å². The van der Waals surface area contributed by atoms with Crippen molar-refractivity contribution < 1.29 is 19.5 Å². The van der Waals surface area contributed by atoms with Gasteiger partial charge in [0.2, 0.25) is 11.8 Å². The van der Waals surface area contributed by atoms with E-state index in [2.05, 4.69) is 10.6 Å². The second-order valence-electron chi connectivity index (χ2n) is 6.08. The molecule has 0 aromatic rings. The van der Waals surface area contributed by atoms with Gasteiger partial charge in [0.1, 0.15) is 0 Å². The molecule has 1 aliphatic rings. The molecule has 2 unspecified atom stereocenters. The van der Waals surface area contributed by atoms with E-state index in [1.807, 2.05) is 0 Å². The molecule has 0 aliphatic heterocycles. The molecule has 3 N–H and O–H groups in total. The molecule has 1 aliphatic carbocycles. The standard InChI is InChI=1S/C14H24N2O4/c1-14(2,13(20)15-3)8-16-11(17)9-5-4-6-10(7-9)12(18)19/h9-10H,4-8H2,1-3H3,(H,15,20)(H,16,17)(H,18,19). The lowest BCUT2D eigenvalue weighted by Gasteiger charge is -2.28. The summed E-state index contributed by atoms with van der Waals surface area (Å²) in [5.74, 6) is -1.79. The van der Waals surface area contributed by atoms with E-state index in [-0.39, 0.29) is 24.3 Å². The summed E-state index contributed by atoms with van der Waals surface area (Å²) in [6.45, 7) is 3.76. The second kappa shape index (κ2) is 6.72. The number of carbonyl (C=O) groups is 3. The Morgan fingerprint density at radius 3 is 2.35 bits per heavy atom. The number of hydrogen-bond donors (Lipinski definition) is 3. The molecule has 6 heteroatoms. The van der Waals surface area contributed by atoms with E-state index < -0.39 is 17.3 Å². The zero-order valence-corrected chi connectivity index (χ0v) is 12.4. The van der Waals surface area contributed by atoms with E-state index in [1.165, 1.54) is 0 Å². The highest BCUT2D eigenvalue weighted by Crippen LogP contribution is 2.29. The summed E-state index contributed by atoms with van der Waals surface area (Å²) in [5, 5.41) is 14.4. The number of amides is 2. The molecule has 0 spiro atoms. The Morgan fingerprint density at radius 2 is 1.80 bits per heavy atom. The van der Waals surface area contributed by atoms with Crippen LogP contribution in [0.2, 0.25) is 0 Å². The predicted octanol–water partition coefficient (Wildman–Crippen LogP) is 0.766. The van der Waals surface area contributed by atoms with Crippen LogP contribution >= 0.6 is 0 Å². The molecule has 114 valence electrons. The minimum Gasteiger partial charge on any atom is -0.481 e. The van der Waals surface area contributed by atoms with Crippen molar-refractivity contribution in [2.24, 2.45) is 17.3 Å². The zero-order valence-electron chi connectivity index (χ0n) is 12.4. The summed E-state index contributed by atoms with van der Waals surface area (Å²) < 4.78 is 0. The highest BCUT2D eigenvalue weighted by molar-refractivity contribution is 5.84. The van der Waals surface area contributed by atoms with Crippen LogP contribution in [-0.2, 0) is 14.4 Å². The van der Waals surface area contributed by atoms with E-state index in [0.717, 1.165) is 12.8 Å². The lowest BCUT2D eigenvalue weighted by molar-refractivity contribution is -0.144. The van der Waals surface area contributed by atoms with Gasteiger partial charge in [-0.1, -0.05) is 6.42 Å². The Balaban J connectivity index is 2.50. The first-order valence-corrected chi connectivity index (χ1v) is 7.00. The lowest BCUT2D eigenvalue weighted by Crippen LogP contribution is -2.45. The molecule has 20 heavy (non-hydrogen) atoms. The first-order valence-electron chi connectivity index (χ1n) is 7.00. The summed E-state index contributed by atoms with van der Waals surface area (Å²) >= 11 is 0. The maximum atomic E-state index is 12.1. The van der Waals surface area contributed by atoms with Crippen molar-refractivity contribution in [3.63, 3.8) is 0 Å². The number of nitrogens with one attached hydrogen (secondary N) is 2. The minimum absolute atomic E-state index is 0.134. The van der Waals surface area contributed by atoms with Gasteiger partial charge in [0.15, 0.2) is 0 Å². The highest BCUT2D eigenvalue weighted by Gasteiger charge is 2.33. The molecule has 2 amide bonds. The van der Waals surface area contributed by atoms with Gasteiger partial charge < -0.3 is 15.7 Å². The Hall–Kier alpha value is -1.59. The predicted molar refractivity (Wildman–Crippen MR) is 73.9 cm³/mol. The molecule has 0 radical (unpaired) electrons. The molecule has 0 bridgehead atoms. The number of hydrogen-bond acceptors (Lipinski definition) is 3. The van der Waals surface area contributed by atoms with Crippen molar-refractivity contribution >= 4 is 17.8 Å². The van der Waals surface area contributed by atoms with Crippen LogP contribution in [-0.4, -0.2) is 36.5 Å². The monoisotopic (exact) mass is 284 g/mol. The van der Waals surface area contributed by atoms with Gasteiger partial charge in [-0.2, -0.15) is 0 Å². The Bertz CT molecular complexity index is 393. The van der Waals surface area contributed by atoms with E-state index in [1.54, 1.807) is 20.9 Å². The number of carboxylic acid groups (broad SMARTS) is 1. The van der Waals surface area contributed by atoms with Crippen LogP contribution in [0.5, 0.6) is 0 Å². The summed E-state index contributed by atoms with van der Waals surface area (Å²) in [5.41, 5.74) is -0.675. The highest BCUT2D eigenvalue weighted by atomic mass is 16.4. The van der Waals surface area contributed by atoms with Gasteiger partial charge >= 0.3 is 5.97 Å². The maximum absolute atomic E-state index is 12.1. The van der Waals surface area contributed by atoms with E-state index >= 15 is 0 Å². The normalized spacial score (nSPS) is 22.9. The third kappa shape index (κ3) is 4.21. The first kappa shape index (κ1) is 16.5. The van der Waals surface area contributed by atoms with Gasteiger partial charge in [0.25, 0.3) is 0 Å². The van der Waals surface area contributed by atoms with Crippen LogP contribution in [0.4, 0.5) is 0 Å². The third-order valence-corrected chi connectivity index (χ3v) is 3.94. The average Bonchev–Trinajstić information content (AvgIpc) is 2.43. The van der Waals surface area contributed by atoms with Crippen molar-refractivity contribution in [3.8, 4) is 0 Å². The van der Waals surface area contributed by atoms with Gasteiger partial charge in [0.05, 0.1) is 11.3 Å². The molecule has 6 nitrogen and oxygen atoms in total. The molecule has 2 atom stereocenters. The number of rotatable bonds is 5. The van der Waals surface area contributed by atoms with Crippen LogP contribution in [0.15, 0.2) is 0 Å². The van der Waals surface area contributed by atoms with Gasteiger partial charge in [0, 0.05) is 19.5 Å². The topological polar surface area (TPSA) is 95.5 Å².